The molecular formula is C19H23BrN2O3S. The summed E-state index contributed by atoms with van der Waals surface area (Å²) in [6.45, 7) is 6.43. The van der Waals surface area contributed by atoms with E-state index in [4.69, 9.17) is 4.74 Å². The van der Waals surface area contributed by atoms with E-state index >= 15 is 0 Å². The number of hydrogen-bond acceptors (Lipinski definition) is 4. The number of para-hydroxylation sites is 1. The number of piperazine rings is 1. The first-order valence-corrected chi connectivity index (χ1v) is 10.7. The van der Waals surface area contributed by atoms with Gasteiger partial charge in [0.2, 0.25) is 10.0 Å². The molecule has 0 atom stereocenters. The summed E-state index contributed by atoms with van der Waals surface area (Å²) in [6.07, 6.45) is 0. The zero-order valence-electron chi connectivity index (χ0n) is 15.2. The van der Waals surface area contributed by atoms with Crippen molar-refractivity contribution in [2.24, 2.45) is 0 Å². The third-order valence-electron chi connectivity index (χ3n) is 4.74. The van der Waals surface area contributed by atoms with E-state index in [0.717, 1.165) is 0 Å². The van der Waals surface area contributed by atoms with E-state index in [1.54, 1.807) is 22.5 Å². The number of nitrogens with zero attached hydrogens (tertiary/aromatic N) is 2. The van der Waals surface area contributed by atoms with Crippen molar-refractivity contribution in [3.05, 3.63) is 52.0 Å². The number of methoxy groups -OCH3 is 1. The molecule has 0 amide bonds. The van der Waals surface area contributed by atoms with Crippen molar-refractivity contribution in [2.75, 3.05) is 38.2 Å². The minimum absolute atomic E-state index is 0.204. The molecule has 140 valence electrons. The number of hydrogen-bond donors (Lipinski definition) is 0. The van der Waals surface area contributed by atoms with Gasteiger partial charge in [-0.3, -0.25) is 0 Å². The predicted octanol–water partition coefficient (Wildman–Crippen LogP) is 3.59. The Hall–Kier alpha value is -1.57. The number of ether oxygens (including phenoxy) is 1. The van der Waals surface area contributed by atoms with Crippen LogP contribution in [-0.2, 0) is 10.0 Å². The van der Waals surface area contributed by atoms with Gasteiger partial charge in [0, 0.05) is 36.3 Å². The van der Waals surface area contributed by atoms with Gasteiger partial charge in [-0.2, -0.15) is 4.31 Å². The summed E-state index contributed by atoms with van der Waals surface area (Å²) in [6, 6.07) is 11.3. The summed E-state index contributed by atoms with van der Waals surface area (Å²) in [5.74, 6) is 0.366. The molecule has 3 rings (SSSR count). The number of rotatable bonds is 4. The van der Waals surface area contributed by atoms with Crippen LogP contribution in [0.2, 0.25) is 0 Å². The minimum Gasteiger partial charge on any atom is -0.495 e. The molecule has 7 heteroatoms. The average Bonchev–Trinajstić information content (AvgIpc) is 2.62. The average molecular weight is 439 g/mol. The van der Waals surface area contributed by atoms with Gasteiger partial charge in [0.25, 0.3) is 0 Å². The number of halogens is 1. The van der Waals surface area contributed by atoms with Gasteiger partial charge in [0.05, 0.1) is 7.11 Å². The SMILES string of the molecule is COc1ccc(Br)cc1S(=O)(=O)N1CCN(c2c(C)cccc2C)CC1. The lowest BCUT2D eigenvalue weighted by molar-refractivity contribution is 0.374. The molecule has 0 aromatic heterocycles. The van der Waals surface area contributed by atoms with Crippen LogP contribution in [0.5, 0.6) is 5.75 Å². The number of anilines is 1. The Morgan fingerprint density at radius 3 is 2.19 bits per heavy atom. The molecule has 0 bridgehead atoms. The Kier molecular flexibility index (Phi) is 5.60. The molecule has 0 unspecified atom stereocenters. The molecule has 1 fully saturated rings. The Morgan fingerprint density at radius 1 is 1.00 bits per heavy atom. The Bertz CT molecular complexity index is 887. The fraction of sp³-hybridized carbons (Fsp3) is 0.368. The van der Waals surface area contributed by atoms with Gasteiger partial charge in [-0.15, -0.1) is 0 Å². The number of sulfonamides is 1. The van der Waals surface area contributed by atoms with Gasteiger partial charge < -0.3 is 9.64 Å². The normalized spacial score (nSPS) is 15.9. The first kappa shape index (κ1) is 19.2. The largest absolute Gasteiger partial charge is 0.495 e. The third kappa shape index (κ3) is 3.61. The molecule has 1 aliphatic rings. The van der Waals surface area contributed by atoms with E-state index < -0.39 is 10.0 Å². The van der Waals surface area contributed by atoms with Crippen LogP contribution in [-0.4, -0.2) is 46.0 Å². The molecule has 0 N–H and O–H groups in total. The molecule has 0 saturated carbocycles. The lowest BCUT2D eigenvalue weighted by atomic mass is 10.1. The van der Waals surface area contributed by atoms with Crippen molar-refractivity contribution in [2.45, 2.75) is 18.7 Å². The van der Waals surface area contributed by atoms with Crippen molar-refractivity contribution in [3.63, 3.8) is 0 Å². The smallest absolute Gasteiger partial charge is 0.246 e. The maximum atomic E-state index is 13.1. The van der Waals surface area contributed by atoms with Gasteiger partial charge in [0.15, 0.2) is 0 Å². The van der Waals surface area contributed by atoms with E-state index in [2.05, 4.69) is 52.9 Å². The van der Waals surface area contributed by atoms with Crippen molar-refractivity contribution in [1.29, 1.82) is 0 Å². The highest BCUT2D eigenvalue weighted by atomic mass is 79.9. The summed E-state index contributed by atoms with van der Waals surface area (Å²) < 4.78 is 33.7. The van der Waals surface area contributed by atoms with Crippen molar-refractivity contribution in [3.8, 4) is 5.75 Å². The molecule has 2 aromatic rings. The standard InChI is InChI=1S/C19H23BrN2O3S/c1-14-5-4-6-15(2)19(14)21-9-11-22(12-10-21)26(23,24)18-13-16(20)7-8-17(18)25-3/h4-8,13H,9-12H2,1-3H3. The zero-order valence-corrected chi connectivity index (χ0v) is 17.6. The molecule has 2 aromatic carbocycles. The summed E-state index contributed by atoms with van der Waals surface area (Å²) in [5.41, 5.74) is 3.65. The van der Waals surface area contributed by atoms with Crippen LogP contribution in [0.15, 0.2) is 45.8 Å². The van der Waals surface area contributed by atoms with Crippen LogP contribution in [0.25, 0.3) is 0 Å². The van der Waals surface area contributed by atoms with Gasteiger partial charge in [0.1, 0.15) is 10.6 Å². The summed E-state index contributed by atoms with van der Waals surface area (Å²) in [4.78, 5) is 2.48. The van der Waals surface area contributed by atoms with Crippen LogP contribution in [0, 0.1) is 13.8 Å². The van der Waals surface area contributed by atoms with Crippen LogP contribution < -0.4 is 9.64 Å². The van der Waals surface area contributed by atoms with E-state index in [0.29, 0.717) is 36.4 Å². The highest BCUT2D eigenvalue weighted by molar-refractivity contribution is 9.10. The highest BCUT2D eigenvalue weighted by Crippen LogP contribution is 2.31. The predicted molar refractivity (Wildman–Crippen MR) is 108 cm³/mol. The molecule has 1 heterocycles. The monoisotopic (exact) mass is 438 g/mol. The molecular weight excluding hydrogens is 416 g/mol. The van der Waals surface area contributed by atoms with Crippen LogP contribution >= 0.6 is 15.9 Å². The lowest BCUT2D eigenvalue weighted by Gasteiger charge is -2.37. The fourth-order valence-corrected chi connectivity index (χ4v) is 5.56. The summed E-state index contributed by atoms with van der Waals surface area (Å²) in [7, 11) is -2.11. The van der Waals surface area contributed by atoms with Gasteiger partial charge in [-0.05, 0) is 43.2 Å². The number of benzene rings is 2. The number of aryl methyl sites for hydroxylation is 2. The second-order valence-electron chi connectivity index (χ2n) is 6.43. The molecule has 1 aliphatic heterocycles. The van der Waals surface area contributed by atoms with Crippen LogP contribution in [0.3, 0.4) is 0 Å². The Balaban J connectivity index is 1.83. The van der Waals surface area contributed by atoms with Crippen molar-refractivity contribution >= 4 is 31.6 Å². The maximum Gasteiger partial charge on any atom is 0.246 e. The quantitative estimate of drug-likeness (QED) is 0.731. The fourth-order valence-electron chi connectivity index (χ4n) is 3.45. The molecule has 26 heavy (non-hydrogen) atoms. The van der Waals surface area contributed by atoms with E-state index in [9.17, 15) is 8.42 Å². The third-order valence-corrected chi connectivity index (χ3v) is 7.15. The topological polar surface area (TPSA) is 49.9 Å². The van der Waals surface area contributed by atoms with E-state index in [1.807, 2.05) is 0 Å². The first-order chi connectivity index (χ1) is 12.3. The minimum atomic E-state index is -3.60. The molecule has 1 saturated heterocycles. The molecule has 0 aliphatic carbocycles. The molecule has 5 nitrogen and oxygen atoms in total. The molecule has 0 spiro atoms. The van der Waals surface area contributed by atoms with Crippen molar-refractivity contribution < 1.29 is 13.2 Å². The Labute approximate surface area is 163 Å². The lowest BCUT2D eigenvalue weighted by Crippen LogP contribution is -2.49. The van der Waals surface area contributed by atoms with Gasteiger partial charge in [-0.25, -0.2) is 8.42 Å². The summed E-state index contributed by atoms with van der Waals surface area (Å²) >= 11 is 3.35. The first-order valence-electron chi connectivity index (χ1n) is 8.49. The Morgan fingerprint density at radius 2 is 1.62 bits per heavy atom. The van der Waals surface area contributed by atoms with Crippen molar-refractivity contribution in [1.82, 2.24) is 4.31 Å². The van der Waals surface area contributed by atoms with Gasteiger partial charge in [-0.1, -0.05) is 34.1 Å². The van der Waals surface area contributed by atoms with Gasteiger partial charge >= 0.3 is 0 Å². The van der Waals surface area contributed by atoms with Crippen LogP contribution in [0.4, 0.5) is 5.69 Å². The van der Waals surface area contributed by atoms with E-state index in [-0.39, 0.29) is 4.90 Å². The maximum absolute atomic E-state index is 13.1. The molecule has 0 radical (unpaired) electrons. The highest BCUT2D eigenvalue weighted by Gasteiger charge is 2.31. The van der Waals surface area contributed by atoms with Crippen LogP contribution in [0.1, 0.15) is 11.1 Å². The summed E-state index contributed by atoms with van der Waals surface area (Å²) in [5, 5.41) is 0. The zero-order chi connectivity index (χ0) is 18.9. The van der Waals surface area contributed by atoms with E-state index in [1.165, 1.54) is 23.9 Å². The second-order valence-corrected chi connectivity index (χ2v) is 9.25. The second kappa shape index (κ2) is 7.58.